The third kappa shape index (κ3) is 3.41. The third-order valence-electron chi connectivity index (χ3n) is 2.57. The molecule has 0 aliphatic carbocycles. The number of ether oxygens (including phenoxy) is 2. The Morgan fingerprint density at radius 3 is 2.45 bits per heavy atom. The molecule has 8 heteroatoms. The Hall–Kier alpha value is -2.87. The Bertz CT molecular complexity index is 709. The molecule has 0 unspecified atom stereocenters. The number of hydrogen-bond acceptors (Lipinski definition) is 6. The number of carboxylic acids is 1. The maximum atomic E-state index is 11.8. The lowest BCUT2D eigenvalue weighted by Crippen LogP contribution is -2.19. The topological polar surface area (TPSA) is 102 Å². The molecular weight excluding hydrogens is 310 g/mol. The highest BCUT2D eigenvalue weighted by molar-refractivity contribution is 7.13. The van der Waals surface area contributed by atoms with Crippen molar-refractivity contribution in [1.82, 2.24) is 0 Å². The van der Waals surface area contributed by atoms with E-state index in [4.69, 9.17) is 9.84 Å². The highest BCUT2D eigenvalue weighted by Crippen LogP contribution is 2.28. The van der Waals surface area contributed by atoms with Gasteiger partial charge in [0.25, 0.3) is 0 Å². The highest BCUT2D eigenvalue weighted by Gasteiger charge is 2.25. The molecule has 1 heterocycles. The van der Waals surface area contributed by atoms with Crippen molar-refractivity contribution in [2.24, 2.45) is 0 Å². The molecule has 7 nitrogen and oxygen atoms in total. The van der Waals surface area contributed by atoms with E-state index in [0.717, 1.165) is 18.4 Å². The zero-order valence-corrected chi connectivity index (χ0v) is 12.2. The second-order valence-corrected chi connectivity index (χ2v) is 4.86. The van der Waals surface area contributed by atoms with E-state index in [1.165, 1.54) is 5.38 Å². The highest BCUT2D eigenvalue weighted by atomic mass is 32.1. The second-order valence-electron chi connectivity index (χ2n) is 3.98. The molecule has 0 aliphatic heterocycles. The summed E-state index contributed by atoms with van der Waals surface area (Å²) in [6.07, 6.45) is -0.842. The van der Waals surface area contributed by atoms with E-state index in [0.29, 0.717) is 5.75 Å². The van der Waals surface area contributed by atoms with Crippen LogP contribution in [0.5, 0.6) is 5.75 Å². The number of nitrogens with one attached hydrogen (secondary N) is 1. The number of carboxylic acid groups (broad SMARTS) is 1. The third-order valence-corrected chi connectivity index (χ3v) is 3.53. The summed E-state index contributed by atoms with van der Waals surface area (Å²) in [4.78, 5) is 34.4. The number of anilines is 1. The van der Waals surface area contributed by atoms with Gasteiger partial charge in [0.1, 0.15) is 16.2 Å². The minimum absolute atomic E-state index is 0.0233. The first-order valence-corrected chi connectivity index (χ1v) is 6.88. The van der Waals surface area contributed by atoms with Crippen LogP contribution >= 0.6 is 11.3 Å². The van der Waals surface area contributed by atoms with Gasteiger partial charge in [-0.15, -0.1) is 11.3 Å². The largest absolute Gasteiger partial charge is 0.477 e. The average molecular weight is 321 g/mol. The number of methoxy groups -OCH3 is 1. The Kier molecular flexibility index (Phi) is 4.74. The first-order valence-electron chi connectivity index (χ1n) is 6.00. The fraction of sp³-hybridized carbons (Fsp3) is 0.0714. The van der Waals surface area contributed by atoms with Gasteiger partial charge in [-0.1, -0.05) is 18.2 Å². The van der Waals surface area contributed by atoms with E-state index in [1.807, 2.05) is 0 Å². The van der Waals surface area contributed by atoms with E-state index >= 15 is 0 Å². The fourth-order valence-corrected chi connectivity index (χ4v) is 2.47. The Balaban J connectivity index is 2.20. The molecule has 0 fully saturated rings. The number of amides is 1. The van der Waals surface area contributed by atoms with E-state index in [-0.39, 0.29) is 16.1 Å². The first-order chi connectivity index (χ1) is 10.5. The van der Waals surface area contributed by atoms with Gasteiger partial charge >= 0.3 is 18.0 Å². The molecule has 0 atom stereocenters. The molecule has 0 saturated carbocycles. The van der Waals surface area contributed by atoms with Crippen molar-refractivity contribution in [3.8, 4) is 5.75 Å². The van der Waals surface area contributed by atoms with Crippen molar-refractivity contribution in [2.75, 3.05) is 12.4 Å². The molecule has 1 aromatic heterocycles. The Morgan fingerprint density at radius 2 is 1.86 bits per heavy atom. The van der Waals surface area contributed by atoms with Crippen LogP contribution in [0.4, 0.5) is 10.5 Å². The smallest absolute Gasteiger partial charge is 0.417 e. The van der Waals surface area contributed by atoms with Crippen LogP contribution in [0, 0.1) is 0 Å². The summed E-state index contributed by atoms with van der Waals surface area (Å²) in [6, 6.07) is 8.30. The van der Waals surface area contributed by atoms with Crippen molar-refractivity contribution >= 4 is 35.1 Å². The monoisotopic (exact) mass is 321 g/mol. The Labute approximate surface area is 129 Å². The van der Waals surface area contributed by atoms with Gasteiger partial charge in [-0.3, -0.25) is 5.32 Å². The molecule has 0 aliphatic rings. The number of carbonyl (C=O) groups is 3. The number of hydrogen-bond donors (Lipinski definition) is 2. The summed E-state index contributed by atoms with van der Waals surface area (Å²) in [7, 11) is 1.12. The number of thiophene rings is 1. The van der Waals surface area contributed by atoms with Crippen LogP contribution in [0.25, 0.3) is 0 Å². The molecule has 22 heavy (non-hydrogen) atoms. The summed E-state index contributed by atoms with van der Waals surface area (Å²) in [6.45, 7) is 0. The molecule has 0 saturated heterocycles. The molecule has 0 radical (unpaired) electrons. The molecule has 2 rings (SSSR count). The lowest BCUT2D eigenvalue weighted by Gasteiger charge is -2.07. The lowest BCUT2D eigenvalue weighted by atomic mass is 10.2. The van der Waals surface area contributed by atoms with E-state index in [1.54, 1.807) is 30.3 Å². The predicted octanol–water partition coefficient (Wildman–Crippen LogP) is 2.84. The zero-order valence-electron chi connectivity index (χ0n) is 11.4. The average Bonchev–Trinajstić information content (AvgIpc) is 2.91. The first kappa shape index (κ1) is 15.5. The molecule has 0 bridgehead atoms. The van der Waals surface area contributed by atoms with Crippen molar-refractivity contribution in [3.05, 3.63) is 46.2 Å². The number of carbonyl (C=O) groups excluding carboxylic acids is 2. The van der Waals surface area contributed by atoms with Gasteiger partial charge in [0, 0.05) is 5.38 Å². The van der Waals surface area contributed by atoms with E-state index < -0.39 is 18.0 Å². The van der Waals surface area contributed by atoms with Crippen LogP contribution in [-0.2, 0) is 4.74 Å². The molecule has 2 N–H and O–H groups in total. The summed E-state index contributed by atoms with van der Waals surface area (Å²) in [5.74, 6) is -1.82. The van der Waals surface area contributed by atoms with E-state index in [2.05, 4.69) is 10.1 Å². The zero-order chi connectivity index (χ0) is 16.1. The van der Waals surface area contributed by atoms with Gasteiger partial charge in [-0.2, -0.15) is 0 Å². The molecule has 2 aromatic rings. The van der Waals surface area contributed by atoms with Gasteiger partial charge in [-0.05, 0) is 12.1 Å². The molecule has 1 aromatic carbocycles. The van der Waals surface area contributed by atoms with Crippen molar-refractivity contribution in [1.29, 1.82) is 0 Å². The van der Waals surface area contributed by atoms with Crippen LogP contribution in [0.3, 0.4) is 0 Å². The van der Waals surface area contributed by atoms with Crippen molar-refractivity contribution < 1.29 is 29.0 Å². The number of benzene rings is 1. The number of para-hydroxylation sites is 1. The van der Waals surface area contributed by atoms with Crippen molar-refractivity contribution in [2.45, 2.75) is 0 Å². The predicted molar refractivity (Wildman–Crippen MR) is 78.7 cm³/mol. The second kappa shape index (κ2) is 6.72. The van der Waals surface area contributed by atoms with Gasteiger partial charge in [0.2, 0.25) is 0 Å². The van der Waals surface area contributed by atoms with Crippen molar-refractivity contribution in [3.63, 3.8) is 0 Å². The minimum Gasteiger partial charge on any atom is -0.477 e. The molecule has 1 amide bonds. The van der Waals surface area contributed by atoms with Crippen LogP contribution in [-0.4, -0.2) is 30.2 Å². The van der Waals surface area contributed by atoms with Crippen LogP contribution < -0.4 is 10.1 Å². The standard InChI is InChI=1S/C14H11NO6S/c1-20-13(18)10-9(7-22-11(10)12(16)17)15-14(19)21-8-5-3-2-4-6-8/h2-7H,1H3,(H,15,19)(H,16,17). The maximum Gasteiger partial charge on any atom is 0.417 e. The summed E-state index contributed by atoms with van der Waals surface area (Å²) < 4.78 is 9.55. The Morgan fingerprint density at radius 1 is 1.18 bits per heavy atom. The fourth-order valence-electron chi connectivity index (χ4n) is 1.64. The van der Waals surface area contributed by atoms with Crippen LogP contribution in [0.2, 0.25) is 0 Å². The molecule has 114 valence electrons. The number of rotatable bonds is 4. The van der Waals surface area contributed by atoms with Crippen LogP contribution in [0.1, 0.15) is 20.0 Å². The summed E-state index contributed by atoms with van der Waals surface area (Å²) >= 11 is 0.806. The maximum absolute atomic E-state index is 11.8. The molecule has 0 spiro atoms. The van der Waals surface area contributed by atoms with Gasteiger partial charge < -0.3 is 14.6 Å². The summed E-state index contributed by atoms with van der Waals surface area (Å²) in [5.41, 5.74) is -0.194. The van der Waals surface area contributed by atoms with Gasteiger partial charge in [0.05, 0.1) is 12.8 Å². The number of aromatic carboxylic acids is 1. The van der Waals surface area contributed by atoms with Gasteiger partial charge in [0.15, 0.2) is 0 Å². The van der Waals surface area contributed by atoms with Crippen LogP contribution in [0.15, 0.2) is 35.7 Å². The number of esters is 1. The normalized spacial score (nSPS) is 9.86. The minimum atomic E-state index is -1.28. The lowest BCUT2D eigenvalue weighted by molar-refractivity contribution is 0.0586. The quantitative estimate of drug-likeness (QED) is 0.840. The summed E-state index contributed by atoms with van der Waals surface area (Å²) in [5, 5.41) is 12.7. The SMILES string of the molecule is COC(=O)c1c(NC(=O)Oc2ccccc2)csc1C(=O)O. The van der Waals surface area contributed by atoms with E-state index in [9.17, 15) is 14.4 Å². The van der Waals surface area contributed by atoms with Gasteiger partial charge in [-0.25, -0.2) is 14.4 Å². The molecular formula is C14H11NO6S.